The predicted octanol–water partition coefficient (Wildman–Crippen LogP) is 1.67. The van der Waals surface area contributed by atoms with E-state index < -0.39 is 5.60 Å². The first-order chi connectivity index (χ1) is 9.40. The maximum Gasteiger partial charge on any atom is 0.410 e. The third kappa shape index (κ3) is 3.85. The third-order valence-corrected chi connectivity index (χ3v) is 4.36. The number of carbonyl (C=O) groups excluding carboxylic acids is 1. The minimum absolute atomic E-state index is 0.182. The SMILES string of the molecule is CC(C)(C)OC(=O)N1CCN(C2CCCC2CN)CC1. The fraction of sp³-hybridized carbons (Fsp3) is 0.933. The summed E-state index contributed by atoms with van der Waals surface area (Å²) < 4.78 is 5.43. The summed E-state index contributed by atoms with van der Waals surface area (Å²) in [5, 5.41) is 0. The van der Waals surface area contributed by atoms with E-state index in [4.69, 9.17) is 10.5 Å². The summed E-state index contributed by atoms with van der Waals surface area (Å²) >= 11 is 0. The lowest BCUT2D eigenvalue weighted by molar-refractivity contribution is 0.00838. The van der Waals surface area contributed by atoms with Crippen molar-refractivity contribution < 1.29 is 9.53 Å². The number of amides is 1. The van der Waals surface area contributed by atoms with Crippen LogP contribution in [0, 0.1) is 5.92 Å². The first-order valence-electron chi connectivity index (χ1n) is 7.83. The van der Waals surface area contributed by atoms with E-state index in [1.165, 1.54) is 19.3 Å². The smallest absolute Gasteiger partial charge is 0.410 e. The second-order valence-corrected chi connectivity index (χ2v) is 7.00. The Hall–Kier alpha value is -0.810. The quantitative estimate of drug-likeness (QED) is 0.837. The summed E-state index contributed by atoms with van der Waals surface area (Å²) in [7, 11) is 0. The van der Waals surface area contributed by atoms with Crippen molar-refractivity contribution >= 4 is 6.09 Å². The molecule has 0 bridgehead atoms. The molecule has 2 rings (SSSR count). The van der Waals surface area contributed by atoms with Gasteiger partial charge in [0.25, 0.3) is 0 Å². The molecule has 0 aromatic carbocycles. The average molecular weight is 283 g/mol. The lowest BCUT2D eigenvalue weighted by Crippen LogP contribution is -2.54. The first kappa shape index (κ1) is 15.6. The minimum Gasteiger partial charge on any atom is -0.444 e. The molecule has 1 aliphatic heterocycles. The summed E-state index contributed by atoms with van der Waals surface area (Å²) in [5.74, 6) is 0.642. The van der Waals surface area contributed by atoms with E-state index in [0.29, 0.717) is 12.0 Å². The van der Waals surface area contributed by atoms with Crippen LogP contribution >= 0.6 is 0 Å². The van der Waals surface area contributed by atoms with Gasteiger partial charge >= 0.3 is 6.09 Å². The number of ether oxygens (including phenoxy) is 1. The normalized spacial score (nSPS) is 28.7. The predicted molar refractivity (Wildman–Crippen MR) is 79.6 cm³/mol. The molecule has 1 saturated heterocycles. The van der Waals surface area contributed by atoms with Crippen molar-refractivity contribution in [1.29, 1.82) is 0 Å². The molecule has 2 atom stereocenters. The molecule has 5 heteroatoms. The molecular weight excluding hydrogens is 254 g/mol. The van der Waals surface area contributed by atoms with Gasteiger partial charge in [-0.25, -0.2) is 4.79 Å². The van der Waals surface area contributed by atoms with Crippen LogP contribution in [0.2, 0.25) is 0 Å². The molecule has 1 aliphatic carbocycles. The van der Waals surface area contributed by atoms with Crippen LogP contribution in [0.3, 0.4) is 0 Å². The molecular formula is C15H29N3O2. The maximum absolute atomic E-state index is 12.0. The zero-order valence-corrected chi connectivity index (χ0v) is 13.1. The first-order valence-corrected chi connectivity index (χ1v) is 7.83. The molecule has 0 aromatic heterocycles. The average Bonchev–Trinajstić information content (AvgIpc) is 2.85. The van der Waals surface area contributed by atoms with Gasteiger partial charge in [-0.15, -0.1) is 0 Å². The van der Waals surface area contributed by atoms with Crippen LogP contribution < -0.4 is 5.73 Å². The zero-order chi connectivity index (χ0) is 14.8. The molecule has 1 amide bonds. The standard InChI is InChI=1S/C15H29N3O2/c1-15(2,3)20-14(19)18-9-7-17(8-10-18)13-6-4-5-12(13)11-16/h12-13H,4-11,16H2,1-3H3. The third-order valence-electron chi connectivity index (χ3n) is 4.36. The lowest BCUT2D eigenvalue weighted by atomic mass is 10.0. The van der Waals surface area contributed by atoms with Crippen molar-refractivity contribution in [3.63, 3.8) is 0 Å². The highest BCUT2D eigenvalue weighted by Crippen LogP contribution is 2.29. The molecule has 2 fully saturated rings. The number of rotatable bonds is 2. The van der Waals surface area contributed by atoms with Crippen LogP contribution in [0.4, 0.5) is 4.79 Å². The summed E-state index contributed by atoms with van der Waals surface area (Å²) in [6.07, 6.45) is 3.62. The summed E-state index contributed by atoms with van der Waals surface area (Å²) in [6, 6.07) is 0.626. The highest BCUT2D eigenvalue weighted by atomic mass is 16.6. The second-order valence-electron chi connectivity index (χ2n) is 7.00. The van der Waals surface area contributed by atoms with Gasteiger partial charge in [-0.05, 0) is 46.1 Å². The van der Waals surface area contributed by atoms with E-state index in [0.717, 1.165) is 32.7 Å². The molecule has 2 N–H and O–H groups in total. The van der Waals surface area contributed by atoms with Crippen molar-refractivity contribution in [2.45, 2.75) is 51.7 Å². The lowest BCUT2D eigenvalue weighted by Gasteiger charge is -2.40. The highest BCUT2D eigenvalue weighted by Gasteiger charge is 2.34. The van der Waals surface area contributed by atoms with Crippen LogP contribution in [-0.4, -0.2) is 60.3 Å². The van der Waals surface area contributed by atoms with Crippen LogP contribution in [0.15, 0.2) is 0 Å². The molecule has 2 unspecified atom stereocenters. The number of nitrogens with two attached hydrogens (primary N) is 1. The largest absolute Gasteiger partial charge is 0.444 e. The van der Waals surface area contributed by atoms with Crippen LogP contribution in [0.25, 0.3) is 0 Å². The number of piperazine rings is 1. The van der Waals surface area contributed by atoms with Gasteiger partial charge in [-0.2, -0.15) is 0 Å². The summed E-state index contributed by atoms with van der Waals surface area (Å²) in [6.45, 7) is 9.94. The van der Waals surface area contributed by atoms with Gasteiger partial charge in [-0.3, -0.25) is 4.90 Å². The van der Waals surface area contributed by atoms with Crippen molar-refractivity contribution in [3.8, 4) is 0 Å². The minimum atomic E-state index is -0.412. The molecule has 0 radical (unpaired) electrons. The molecule has 0 spiro atoms. The molecule has 20 heavy (non-hydrogen) atoms. The molecule has 0 aromatic rings. The Kier molecular flexibility index (Phi) is 4.91. The Balaban J connectivity index is 1.82. The van der Waals surface area contributed by atoms with Crippen molar-refractivity contribution in [1.82, 2.24) is 9.80 Å². The second kappa shape index (κ2) is 6.31. The van der Waals surface area contributed by atoms with Crippen LogP contribution in [-0.2, 0) is 4.74 Å². The van der Waals surface area contributed by atoms with E-state index in [1.54, 1.807) is 0 Å². The van der Waals surface area contributed by atoms with Crippen LogP contribution in [0.1, 0.15) is 40.0 Å². The van der Waals surface area contributed by atoms with Crippen molar-refractivity contribution in [3.05, 3.63) is 0 Å². The number of nitrogens with zero attached hydrogens (tertiary/aromatic N) is 2. The number of carbonyl (C=O) groups is 1. The Bertz CT molecular complexity index is 333. The van der Waals surface area contributed by atoms with Gasteiger partial charge in [0.15, 0.2) is 0 Å². The Morgan fingerprint density at radius 1 is 1.20 bits per heavy atom. The molecule has 1 saturated carbocycles. The Morgan fingerprint density at radius 2 is 1.85 bits per heavy atom. The Morgan fingerprint density at radius 3 is 2.40 bits per heavy atom. The van der Waals surface area contributed by atoms with E-state index in [1.807, 2.05) is 25.7 Å². The van der Waals surface area contributed by atoms with Crippen molar-refractivity contribution in [2.24, 2.45) is 11.7 Å². The molecule has 2 aliphatic rings. The van der Waals surface area contributed by atoms with Crippen molar-refractivity contribution in [2.75, 3.05) is 32.7 Å². The van der Waals surface area contributed by atoms with Gasteiger partial charge in [0, 0.05) is 32.2 Å². The molecule has 116 valence electrons. The van der Waals surface area contributed by atoms with Gasteiger partial charge in [0.05, 0.1) is 0 Å². The topological polar surface area (TPSA) is 58.8 Å². The summed E-state index contributed by atoms with van der Waals surface area (Å²) in [4.78, 5) is 16.4. The summed E-state index contributed by atoms with van der Waals surface area (Å²) in [5.41, 5.74) is 5.45. The highest BCUT2D eigenvalue weighted by molar-refractivity contribution is 5.68. The number of hydrogen-bond donors (Lipinski definition) is 1. The van der Waals surface area contributed by atoms with Gasteiger partial charge in [0.1, 0.15) is 5.60 Å². The van der Waals surface area contributed by atoms with Gasteiger partial charge in [-0.1, -0.05) is 6.42 Å². The fourth-order valence-electron chi connectivity index (χ4n) is 3.34. The van der Waals surface area contributed by atoms with Gasteiger partial charge in [0.2, 0.25) is 0 Å². The van der Waals surface area contributed by atoms with Gasteiger partial charge < -0.3 is 15.4 Å². The van der Waals surface area contributed by atoms with E-state index in [2.05, 4.69) is 4.90 Å². The van der Waals surface area contributed by atoms with E-state index in [-0.39, 0.29) is 6.09 Å². The molecule has 1 heterocycles. The zero-order valence-electron chi connectivity index (χ0n) is 13.1. The Labute approximate surface area is 122 Å². The molecule has 5 nitrogen and oxygen atoms in total. The van der Waals surface area contributed by atoms with E-state index >= 15 is 0 Å². The monoisotopic (exact) mass is 283 g/mol. The van der Waals surface area contributed by atoms with Crippen LogP contribution in [0.5, 0.6) is 0 Å². The fourth-order valence-corrected chi connectivity index (χ4v) is 3.34. The maximum atomic E-state index is 12.0. The van der Waals surface area contributed by atoms with E-state index in [9.17, 15) is 4.79 Å². The number of hydrogen-bond acceptors (Lipinski definition) is 4.